The van der Waals surface area contributed by atoms with Gasteiger partial charge in [-0.15, -0.1) is 0 Å². The summed E-state index contributed by atoms with van der Waals surface area (Å²) in [4.78, 5) is 0. The summed E-state index contributed by atoms with van der Waals surface area (Å²) < 4.78 is 0. The molecule has 2 fully saturated rings. The maximum Gasteiger partial charge on any atom is 0.0247 e. The molecule has 2 atom stereocenters. The van der Waals surface area contributed by atoms with Gasteiger partial charge in [-0.25, -0.2) is 0 Å². The van der Waals surface area contributed by atoms with E-state index in [4.69, 9.17) is 0 Å². The molecule has 2 aliphatic heterocycles. The lowest BCUT2D eigenvalue weighted by Crippen LogP contribution is -2.09. The van der Waals surface area contributed by atoms with E-state index in [0.717, 1.165) is 10.5 Å². The van der Waals surface area contributed by atoms with E-state index >= 15 is 0 Å². The van der Waals surface area contributed by atoms with Crippen LogP contribution in [-0.4, -0.2) is 22.0 Å². The normalized spacial score (nSPS) is 32.5. The van der Waals surface area contributed by atoms with Crippen LogP contribution in [0.3, 0.4) is 0 Å². The van der Waals surface area contributed by atoms with E-state index in [-0.39, 0.29) is 0 Å². The summed E-state index contributed by atoms with van der Waals surface area (Å²) in [6, 6.07) is 0. The van der Waals surface area contributed by atoms with Crippen molar-refractivity contribution in [3.63, 3.8) is 0 Å². The van der Waals surface area contributed by atoms with Gasteiger partial charge < -0.3 is 0 Å². The molecule has 72 valence electrons. The summed E-state index contributed by atoms with van der Waals surface area (Å²) in [5, 5.41) is 1.99. The molecular formula is C8H16S4. The zero-order valence-electron chi connectivity index (χ0n) is 7.62. The van der Waals surface area contributed by atoms with Crippen LogP contribution in [0.2, 0.25) is 0 Å². The molecular weight excluding hydrogens is 224 g/mol. The first-order valence-electron chi connectivity index (χ1n) is 4.43. The monoisotopic (exact) mass is 240 g/mol. The molecule has 0 aromatic heterocycles. The van der Waals surface area contributed by atoms with Crippen LogP contribution in [0.15, 0.2) is 0 Å². The van der Waals surface area contributed by atoms with E-state index in [0.29, 0.717) is 0 Å². The number of rotatable bonds is 2. The molecule has 0 N–H and O–H groups in total. The van der Waals surface area contributed by atoms with Crippen LogP contribution in [0, 0.1) is 0 Å². The van der Waals surface area contributed by atoms with E-state index < -0.39 is 0 Å². The second-order valence-corrected chi connectivity index (χ2v) is 8.25. The van der Waals surface area contributed by atoms with Crippen LogP contribution in [0.5, 0.6) is 0 Å². The van der Waals surface area contributed by atoms with E-state index in [1.165, 1.54) is 24.3 Å². The van der Waals surface area contributed by atoms with Gasteiger partial charge in [-0.05, 0) is 12.8 Å². The molecule has 1 unspecified atom stereocenters. The Morgan fingerprint density at radius 3 is 1.25 bits per heavy atom. The second-order valence-electron chi connectivity index (χ2n) is 2.82. The van der Waals surface area contributed by atoms with E-state index in [1.807, 2.05) is 43.2 Å². The van der Waals surface area contributed by atoms with Crippen molar-refractivity contribution in [3.8, 4) is 0 Å². The fourth-order valence-electron chi connectivity index (χ4n) is 0.700. The molecule has 12 heavy (non-hydrogen) atoms. The summed E-state index contributed by atoms with van der Waals surface area (Å²) in [5.74, 6) is 2.78. The summed E-state index contributed by atoms with van der Waals surface area (Å²) in [7, 11) is 8.02. The quantitative estimate of drug-likeness (QED) is 0.659. The molecule has 2 saturated heterocycles. The van der Waals surface area contributed by atoms with E-state index in [2.05, 4.69) is 13.8 Å². The van der Waals surface area contributed by atoms with Crippen LogP contribution >= 0.6 is 43.2 Å². The highest BCUT2D eigenvalue weighted by atomic mass is 33.1. The van der Waals surface area contributed by atoms with Gasteiger partial charge in [-0.2, -0.15) is 0 Å². The van der Waals surface area contributed by atoms with E-state index in [9.17, 15) is 0 Å². The zero-order valence-corrected chi connectivity index (χ0v) is 10.9. The van der Waals surface area contributed by atoms with Crippen molar-refractivity contribution in [2.75, 3.05) is 11.5 Å². The Bertz CT molecular complexity index is 90.1. The molecule has 0 aliphatic carbocycles. The molecule has 4 heteroatoms. The van der Waals surface area contributed by atoms with Crippen LogP contribution in [0.4, 0.5) is 0 Å². The van der Waals surface area contributed by atoms with Gasteiger partial charge >= 0.3 is 0 Å². The van der Waals surface area contributed by atoms with Crippen LogP contribution in [0.25, 0.3) is 0 Å². The van der Waals surface area contributed by atoms with Gasteiger partial charge in [0.25, 0.3) is 0 Å². The van der Waals surface area contributed by atoms with E-state index in [1.54, 1.807) is 0 Å². The van der Waals surface area contributed by atoms with Crippen molar-refractivity contribution in [1.29, 1.82) is 0 Å². The zero-order chi connectivity index (χ0) is 8.81. The molecule has 0 radical (unpaired) electrons. The average Bonchev–Trinajstić information content (AvgIpc) is 1.83. The Kier molecular flexibility index (Phi) is 6.50. The minimum absolute atomic E-state index is 0.995. The fraction of sp³-hybridized carbons (Fsp3) is 1.00. The molecule has 0 amide bonds. The number of hydrogen-bond acceptors (Lipinski definition) is 4. The first-order chi connectivity index (χ1) is 5.86. The summed E-state index contributed by atoms with van der Waals surface area (Å²) in [6.07, 6.45) is 2.72. The molecule has 2 heterocycles. The Hall–Kier alpha value is 1.40. The maximum absolute atomic E-state index is 2.25. The first kappa shape index (κ1) is 11.5. The Morgan fingerprint density at radius 2 is 1.25 bits per heavy atom. The van der Waals surface area contributed by atoms with Crippen molar-refractivity contribution in [2.45, 2.75) is 37.2 Å². The standard InChI is InChI=1S/2C4H8S2/c2*1-2-4-3-5-6-4/h2*4H,2-3H2,1H3/t4-;/m0./s1. The lowest BCUT2D eigenvalue weighted by molar-refractivity contribution is 0.915. The third-order valence-electron chi connectivity index (χ3n) is 1.83. The Balaban J connectivity index is 0.000000120. The summed E-state index contributed by atoms with van der Waals surface area (Å²) >= 11 is 0. The maximum atomic E-state index is 2.25. The van der Waals surface area contributed by atoms with Gasteiger partial charge in [-0.1, -0.05) is 57.0 Å². The molecule has 0 bridgehead atoms. The van der Waals surface area contributed by atoms with Crippen molar-refractivity contribution in [1.82, 2.24) is 0 Å². The van der Waals surface area contributed by atoms with Crippen molar-refractivity contribution in [3.05, 3.63) is 0 Å². The third kappa shape index (κ3) is 4.07. The first-order valence-corrected chi connectivity index (χ1v) is 9.19. The highest BCUT2D eigenvalue weighted by Crippen LogP contribution is 2.42. The van der Waals surface area contributed by atoms with Gasteiger partial charge in [0, 0.05) is 22.0 Å². The molecule has 0 aromatic carbocycles. The summed E-state index contributed by atoms with van der Waals surface area (Å²) in [5.41, 5.74) is 0. The fourth-order valence-corrected chi connectivity index (χ4v) is 4.89. The SMILES string of the molecule is CCC1CSS1.CC[C@H]1CSS1. The third-order valence-corrected chi connectivity index (χ3v) is 8.41. The number of hydrogen-bond donors (Lipinski definition) is 0. The van der Waals surface area contributed by atoms with Crippen LogP contribution in [0.1, 0.15) is 26.7 Å². The van der Waals surface area contributed by atoms with Gasteiger partial charge in [0.15, 0.2) is 0 Å². The average molecular weight is 240 g/mol. The molecule has 0 spiro atoms. The van der Waals surface area contributed by atoms with Crippen LogP contribution in [-0.2, 0) is 0 Å². The molecule has 0 saturated carbocycles. The molecule has 2 aliphatic rings. The van der Waals surface area contributed by atoms with Crippen molar-refractivity contribution in [2.24, 2.45) is 0 Å². The van der Waals surface area contributed by atoms with Gasteiger partial charge in [0.2, 0.25) is 0 Å². The van der Waals surface area contributed by atoms with Gasteiger partial charge in [-0.3, -0.25) is 0 Å². The Labute approximate surface area is 91.6 Å². The van der Waals surface area contributed by atoms with Crippen molar-refractivity contribution >= 4 is 43.2 Å². The summed E-state index contributed by atoms with van der Waals surface area (Å²) in [6.45, 7) is 4.49. The minimum atomic E-state index is 0.995. The highest BCUT2D eigenvalue weighted by molar-refractivity contribution is 8.80. The topological polar surface area (TPSA) is 0 Å². The van der Waals surface area contributed by atoms with Gasteiger partial charge in [0.05, 0.1) is 0 Å². The molecule has 0 aromatic rings. The Morgan fingerprint density at radius 1 is 0.917 bits per heavy atom. The molecule has 0 nitrogen and oxygen atoms in total. The molecule has 2 rings (SSSR count). The predicted octanol–water partition coefficient (Wildman–Crippen LogP) is 4.32. The second kappa shape index (κ2) is 6.80. The smallest absolute Gasteiger partial charge is 0.0247 e. The highest BCUT2D eigenvalue weighted by Gasteiger charge is 2.16. The minimum Gasteiger partial charge on any atom is -0.0927 e. The van der Waals surface area contributed by atoms with Crippen molar-refractivity contribution < 1.29 is 0 Å². The predicted molar refractivity (Wildman–Crippen MR) is 68.3 cm³/mol. The lowest BCUT2D eigenvalue weighted by Gasteiger charge is -2.20. The largest absolute Gasteiger partial charge is 0.0927 e. The van der Waals surface area contributed by atoms with Gasteiger partial charge in [0.1, 0.15) is 0 Å². The van der Waals surface area contributed by atoms with Crippen LogP contribution < -0.4 is 0 Å². The lowest BCUT2D eigenvalue weighted by atomic mass is 10.4.